The van der Waals surface area contributed by atoms with Crippen molar-refractivity contribution in [3.8, 4) is 5.75 Å². The molecular weight excluding hydrogens is 322 g/mol. The van der Waals surface area contributed by atoms with Gasteiger partial charge in [-0.2, -0.15) is 0 Å². The fraction of sp³-hybridized carbons (Fsp3) is 0.200. The van der Waals surface area contributed by atoms with Gasteiger partial charge < -0.3 is 4.74 Å². The molecule has 0 N–H and O–H groups in total. The number of nitrogens with zero attached hydrogens (tertiary/aromatic N) is 1. The third kappa shape index (κ3) is 3.17. The first kappa shape index (κ1) is 14.5. The molecule has 0 bridgehead atoms. The summed E-state index contributed by atoms with van der Waals surface area (Å²) in [6, 6.07) is 14.3. The van der Waals surface area contributed by atoms with Crippen LogP contribution in [0.2, 0.25) is 0 Å². The number of benzene rings is 2. The largest absolute Gasteiger partial charge is 0.482 e. The molecular formula is C15H14BrNO3. The molecule has 2 aromatic rings. The molecule has 0 saturated carbocycles. The van der Waals surface area contributed by atoms with Crippen LogP contribution in [0.25, 0.3) is 0 Å². The summed E-state index contributed by atoms with van der Waals surface area (Å²) in [5.74, 6) is 0.574. The molecule has 0 heterocycles. The van der Waals surface area contributed by atoms with Crippen molar-refractivity contribution in [3.05, 3.63) is 68.7 Å². The summed E-state index contributed by atoms with van der Waals surface area (Å²) in [5, 5.41) is 10.7. The van der Waals surface area contributed by atoms with Crippen molar-refractivity contribution >= 4 is 21.6 Å². The first-order valence-corrected chi connectivity index (χ1v) is 6.88. The van der Waals surface area contributed by atoms with Crippen molar-refractivity contribution in [2.24, 2.45) is 0 Å². The molecule has 0 aliphatic carbocycles. The smallest absolute Gasteiger partial charge is 0.270 e. The van der Waals surface area contributed by atoms with Gasteiger partial charge in [0.05, 0.1) is 9.40 Å². The second kappa shape index (κ2) is 5.63. The lowest BCUT2D eigenvalue weighted by Crippen LogP contribution is -2.25. The zero-order valence-electron chi connectivity index (χ0n) is 11.2. The summed E-state index contributed by atoms with van der Waals surface area (Å²) in [5.41, 5.74) is 0.534. The van der Waals surface area contributed by atoms with Crippen LogP contribution in [0.15, 0.2) is 53.0 Å². The highest BCUT2D eigenvalue weighted by atomic mass is 79.9. The van der Waals surface area contributed by atoms with Crippen LogP contribution in [0.4, 0.5) is 5.69 Å². The summed E-state index contributed by atoms with van der Waals surface area (Å²) in [4.78, 5) is 10.3. The molecule has 4 nitrogen and oxygen atoms in total. The fourth-order valence-electron chi connectivity index (χ4n) is 1.86. The highest BCUT2D eigenvalue weighted by Crippen LogP contribution is 2.34. The quantitative estimate of drug-likeness (QED) is 0.602. The molecule has 0 saturated heterocycles. The Hall–Kier alpha value is -1.88. The SMILES string of the molecule is CC(C)(Oc1ccc([N+](=O)[O-])cc1Br)c1ccccc1. The van der Waals surface area contributed by atoms with Gasteiger partial charge in [-0.05, 0) is 41.4 Å². The van der Waals surface area contributed by atoms with Gasteiger partial charge in [0, 0.05) is 12.1 Å². The highest BCUT2D eigenvalue weighted by Gasteiger charge is 2.24. The van der Waals surface area contributed by atoms with Crippen molar-refractivity contribution in [1.82, 2.24) is 0 Å². The molecule has 0 radical (unpaired) electrons. The van der Waals surface area contributed by atoms with Gasteiger partial charge in [-0.25, -0.2) is 0 Å². The Morgan fingerprint density at radius 1 is 1.15 bits per heavy atom. The second-order valence-corrected chi connectivity index (χ2v) is 5.70. The number of hydrogen-bond acceptors (Lipinski definition) is 3. The lowest BCUT2D eigenvalue weighted by Gasteiger charge is -2.27. The van der Waals surface area contributed by atoms with E-state index in [1.165, 1.54) is 12.1 Å². The van der Waals surface area contributed by atoms with Crippen LogP contribution in [-0.4, -0.2) is 4.92 Å². The van der Waals surface area contributed by atoms with E-state index in [1.807, 2.05) is 44.2 Å². The van der Waals surface area contributed by atoms with Gasteiger partial charge in [-0.1, -0.05) is 30.3 Å². The van der Waals surface area contributed by atoms with Crippen LogP contribution < -0.4 is 4.74 Å². The molecule has 2 aromatic carbocycles. The standard InChI is InChI=1S/C15H14BrNO3/c1-15(2,11-6-4-3-5-7-11)20-14-9-8-12(17(18)19)10-13(14)16/h3-10H,1-2H3. The van der Waals surface area contributed by atoms with Gasteiger partial charge in [0.25, 0.3) is 5.69 Å². The number of nitro benzene ring substituents is 1. The first-order chi connectivity index (χ1) is 9.40. The van der Waals surface area contributed by atoms with E-state index >= 15 is 0 Å². The molecule has 0 aliphatic rings. The van der Waals surface area contributed by atoms with Crippen LogP contribution in [0, 0.1) is 10.1 Å². The Labute approximate surface area is 125 Å². The lowest BCUT2D eigenvalue weighted by atomic mass is 9.98. The van der Waals surface area contributed by atoms with Gasteiger partial charge in [0.2, 0.25) is 0 Å². The number of ether oxygens (including phenoxy) is 1. The lowest BCUT2D eigenvalue weighted by molar-refractivity contribution is -0.385. The molecule has 0 amide bonds. The second-order valence-electron chi connectivity index (χ2n) is 4.85. The Morgan fingerprint density at radius 2 is 1.80 bits per heavy atom. The molecule has 0 unspecified atom stereocenters. The van der Waals surface area contributed by atoms with Crippen LogP contribution in [0.5, 0.6) is 5.75 Å². The number of halogens is 1. The fourth-order valence-corrected chi connectivity index (χ4v) is 2.31. The van der Waals surface area contributed by atoms with E-state index in [0.29, 0.717) is 10.2 Å². The summed E-state index contributed by atoms with van der Waals surface area (Å²) in [7, 11) is 0. The van der Waals surface area contributed by atoms with Gasteiger partial charge in [0.15, 0.2) is 0 Å². The third-order valence-corrected chi connectivity index (χ3v) is 3.58. The summed E-state index contributed by atoms with van der Waals surface area (Å²) in [6.07, 6.45) is 0. The van der Waals surface area contributed by atoms with Gasteiger partial charge >= 0.3 is 0 Å². The minimum Gasteiger partial charge on any atom is -0.482 e. The number of nitro groups is 1. The number of hydrogen-bond donors (Lipinski definition) is 0. The van der Waals surface area contributed by atoms with Gasteiger partial charge in [-0.3, -0.25) is 10.1 Å². The van der Waals surface area contributed by atoms with Crippen LogP contribution in [0.1, 0.15) is 19.4 Å². The summed E-state index contributed by atoms with van der Waals surface area (Å²) >= 11 is 3.31. The van der Waals surface area contributed by atoms with Crippen molar-refractivity contribution in [2.75, 3.05) is 0 Å². The van der Waals surface area contributed by atoms with Gasteiger partial charge in [0.1, 0.15) is 11.4 Å². The minimum absolute atomic E-state index is 0.0294. The van der Waals surface area contributed by atoms with Crippen molar-refractivity contribution in [3.63, 3.8) is 0 Å². The van der Waals surface area contributed by atoms with E-state index in [9.17, 15) is 10.1 Å². The van der Waals surface area contributed by atoms with E-state index in [2.05, 4.69) is 15.9 Å². The van der Waals surface area contributed by atoms with E-state index in [1.54, 1.807) is 6.07 Å². The Bertz CT molecular complexity index is 626. The predicted molar refractivity (Wildman–Crippen MR) is 80.9 cm³/mol. The summed E-state index contributed by atoms with van der Waals surface area (Å²) in [6.45, 7) is 3.91. The predicted octanol–water partition coefficient (Wildman–Crippen LogP) is 4.67. The molecule has 0 aliphatic heterocycles. The zero-order chi connectivity index (χ0) is 14.8. The number of rotatable bonds is 4. The topological polar surface area (TPSA) is 52.4 Å². The monoisotopic (exact) mass is 335 g/mol. The Balaban J connectivity index is 2.28. The molecule has 2 rings (SSSR count). The van der Waals surface area contributed by atoms with E-state index < -0.39 is 10.5 Å². The maximum Gasteiger partial charge on any atom is 0.270 e. The number of non-ortho nitro benzene ring substituents is 1. The Morgan fingerprint density at radius 3 is 2.35 bits per heavy atom. The normalized spacial score (nSPS) is 11.2. The van der Waals surface area contributed by atoms with E-state index in [-0.39, 0.29) is 5.69 Å². The van der Waals surface area contributed by atoms with Crippen molar-refractivity contribution in [1.29, 1.82) is 0 Å². The van der Waals surface area contributed by atoms with Crippen molar-refractivity contribution < 1.29 is 9.66 Å². The maximum absolute atomic E-state index is 10.7. The molecule has 0 aromatic heterocycles. The zero-order valence-corrected chi connectivity index (χ0v) is 12.8. The van der Waals surface area contributed by atoms with Crippen molar-refractivity contribution in [2.45, 2.75) is 19.4 Å². The van der Waals surface area contributed by atoms with E-state index in [0.717, 1.165) is 5.56 Å². The summed E-state index contributed by atoms with van der Waals surface area (Å²) < 4.78 is 6.55. The molecule has 20 heavy (non-hydrogen) atoms. The first-order valence-electron chi connectivity index (χ1n) is 6.08. The molecule has 0 fully saturated rings. The molecule has 0 spiro atoms. The Kier molecular flexibility index (Phi) is 4.09. The highest BCUT2D eigenvalue weighted by molar-refractivity contribution is 9.10. The molecule has 0 atom stereocenters. The van der Waals surface area contributed by atoms with Crippen LogP contribution in [-0.2, 0) is 5.60 Å². The minimum atomic E-state index is -0.528. The van der Waals surface area contributed by atoms with Gasteiger partial charge in [-0.15, -0.1) is 0 Å². The molecule has 5 heteroatoms. The average molecular weight is 336 g/mol. The van der Waals surface area contributed by atoms with Crippen LogP contribution >= 0.6 is 15.9 Å². The average Bonchev–Trinajstić information content (AvgIpc) is 2.41. The third-order valence-electron chi connectivity index (χ3n) is 2.96. The van der Waals surface area contributed by atoms with Crippen LogP contribution in [0.3, 0.4) is 0 Å². The maximum atomic E-state index is 10.7. The molecule has 104 valence electrons. The van der Waals surface area contributed by atoms with E-state index in [4.69, 9.17) is 4.74 Å².